The van der Waals surface area contributed by atoms with Gasteiger partial charge in [-0.25, -0.2) is 4.98 Å². The summed E-state index contributed by atoms with van der Waals surface area (Å²) in [5.41, 5.74) is 0.740. The Morgan fingerprint density at radius 3 is 2.92 bits per heavy atom. The monoisotopic (exact) mass is 350 g/mol. The maximum atomic E-state index is 10.8. The number of aryl methyl sites for hydroxylation is 1. The number of rotatable bonds is 4. The molecule has 0 bridgehead atoms. The highest BCUT2D eigenvalue weighted by atomic mass is 35.5. The number of nitrogens with zero attached hydrogens (tertiary/aromatic N) is 4. The summed E-state index contributed by atoms with van der Waals surface area (Å²) in [5, 5.41) is 21.8. The van der Waals surface area contributed by atoms with Crippen LogP contribution in [0.2, 0.25) is 5.02 Å². The summed E-state index contributed by atoms with van der Waals surface area (Å²) in [6.45, 7) is 1.44. The van der Waals surface area contributed by atoms with Crippen molar-refractivity contribution in [2.75, 3.05) is 18.0 Å². The first-order chi connectivity index (χ1) is 11.5. The van der Waals surface area contributed by atoms with Crippen LogP contribution in [0.15, 0.2) is 30.6 Å². The smallest absolute Gasteiger partial charge is 0.271 e. The lowest BCUT2D eigenvalue weighted by molar-refractivity contribution is -0.384. The van der Waals surface area contributed by atoms with E-state index in [2.05, 4.69) is 9.88 Å². The zero-order valence-electron chi connectivity index (χ0n) is 13.3. The quantitative estimate of drug-likeness (QED) is 0.677. The molecule has 128 valence electrons. The number of aromatic nitrogens is 2. The van der Waals surface area contributed by atoms with Crippen molar-refractivity contribution in [2.24, 2.45) is 13.0 Å². The van der Waals surface area contributed by atoms with E-state index in [1.807, 2.05) is 17.8 Å². The third-order valence-electron chi connectivity index (χ3n) is 4.51. The van der Waals surface area contributed by atoms with E-state index in [-0.39, 0.29) is 11.6 Å². The Hall–Kier alpha value is -2.12. The van der Waals surface area contributed by atoms with E-state index < -0.39 is 11.0 Å². The topological polar surface area (TPSA) is 84.4 Å². The molecule has 1 aromatic heterocycles. The molecule has 0 aliphatic carbocycles. The molecular weight excluding hydrogens is 332 g/mol. The minimum Gasteiger partial charge on any atom is -0.385 e. The van der Waals surface area contributed by atoms with E-state index in [4.69, 9.17) is 11.6 Å². The number of nitro groups is 1. The zero-order chi connectivity index (χ0) is 17.3. The van der Waals surface area contributed by atoms with Crippen molar-refractivity contribution in [3.63, 3.8) is 0 Å². The molecule has 24 heavy (non-hydrogen) atoms. The molecule has 1 aliphatic heterocycles. The van der Waals surface area contributed by atoms with Crippen molar-refractivity contribution in [3.8, 4) is 0 Å². The molecule has 8 heteroatoms. The predicted molar refractivity (Wildman–Crippen MR) is 91.2 cm³/mol. The lowest BCUT2D eigenvalue weighted by Crippen LogP contribution is -2.38. The summed E-state index contributed by atoms with van der Waals surface area (Å²) >= 11 is 6.23. The fourth-order valence-corrected chi connectivity index (χ4v) is 3.52. The van der Waals surface area contributed by atoms with Gasteiger partial charge >= 0.3 is 0 Å². The van der Waals surface area contributed by atoms with E-state index >= 15 is 0 Å². The van der Waals surface area contributed by atoms with Crippen LogP contribution >= 0.6 is 11.6 Å². The number of hydrogen-bond acceptors (Lipinski definition) is 5. The highest BCUT2D eigenvalue weighted by molar-refractivity contribution is 6.33. The first kappa shape index (κ1) is 16.7. The van der Waals surface area contributed by atoms with Crippen LogP contribution in [-0.2, 0) is 7.05 Å². The van der Waals surface area contributed by atoms with Crippen molar-refractivity contribution >= 4 is 23.0 Å². The Morgan fingerprint density at radius 2 is 2.29 bits per heavy atom. The lowest BCUT2D eigenvalue weighted by atomic mass is 9.91. The molecule has 2 atom stereocenters. The minimum atomic E-state index is -0.648. The Bertz CT molecular complexity index is 749. The molecule has 3 rings (SSSR count). The Morgan fingerprint density at radius 1 is 1.50 bits per heavy atom. The number of aliphatic hydroxyl groups excluding tert-OH is 1. The van der Waals surface area contributed by atoms with Gasteiger partial charge in [-0.3, -0.25) is 10.1 Å². The van der Waals surface area contributed by atoms with Crippen molar-refractivity contribution < 1.29 is 10.0 Å². The highest BCUT2D eigenvalue weighted by Gasteiger charge is 2.30. The number of non-ortho nitro benzene ring substituents is 1. The first-order valence-electron chi connectivity index (χ1n) is 7.81. The van der Waals surface area contributed by atoms with Gasteiger partial charge in [0.25, 0.3) is 5.69 Å². The molecule has 1 saturated heterocycles. The fourth-order valence-electron chi connectivity index (χ4n) is 3.23. The van der Waals surface area contributed by atoms with Crippen LogP contribution in [0.5, 0.6) is 0 Å². The number of aliphatic hydroxyl groups is 1. The summed E-state index contributed by atoms with van der Waals surface area (Å²) < 4.78 is 1.82. The van der Waals surface area contributed by atoms with Gasteiger partial charge in [0.2, 0.25) is 0 Å². The molecule has 0 amide bonds. The first-order valence-corrected chi connectivity index (χ1v) is 8.19. The maximum absolute atomic E-state index is 10.8. The summed E-state index contributed by atoms with van der Waals surface area (Å²) in [7, 11) is 1.86. The van der Waals surface area contributed by atoms with Crippen LogP contribution < -0.4 is 4.90 Å². The number of imidazole rings is 1. The maximum Gasteiger partial charge on any atom is 0.271 e. The average Bonchev–Trinajstić information content (AvgIpc) is 3.00. The summed E-state index contributed by atoms with van der Waals surface area (Å²) in [6.07, 6.45) is 4.65. The summed E-state index contributed by atoms with van der Waals surface area (Å²) in [6, 6.07) is 4.51. The van der Waals surface area contributed by atoms with Crippen molar-refractivity contribution in [1.82, 2.24) is 9.55 Å². The molecular formula is C16H19ClN4O3. The predicted octanol–water partition coefficient (Wildman–Crippen LogP) is 2.93. The van der Waals surface area contributed by atoms with Gasteiger partial charge in [-0.15, -0.1) is 0 Å². The van der Waals surface area contributed by atoms with E-state index in [1.165, 1.54) is 12.1 Å². The van der Waals surface area contributed by atoms with Crippen LogP contribution in [0.1, 0.15) is 24.8 Å². The second kappa shape index (κ2) is 6.78. The second-order valence-electron chi connectivity index (χ2n) is 6.08. The van der Waals surface area contributed by atoms with Crippen LogP contribution in [-0.4, -0.2) is 32.7 Å². The SMILES string of the molecule is Cn1ccnc1C(O)C1CCCN(c2ccc([N+](=O)[O-])cc2Cl)C1. The number of hydrogen-bond donors (Lipinski definition) is 1. The van der Waals surface area contributed by atoms with Gasteiger partial charge in [0, 0.05) is 50.6 Å². The Labute approximate surface area is 144 Å². The summed E-state index contributed by atoms with van der Waals surface area (Å²) in [5.74, 6) is 0.683. The average molecular weight is 351 g/mol. The van der Waals surface area contributed by atoms with Crippen LogP contribution in [0.3, 0.4) is 0 Å². The third kappa shape index (κ3) is 3.22. The van der Waals surface area contributed by atoms with Gasteiger partial charge in [-0.1, -0.05) is 11.6 Å². The molecule has 1 N–H and O–H groups in total. The number of piperidine rings is 1. The molecule has 0 saturated carbocycles. The van der Waals surface area contributed by atoms with Gasteiger partial charge in [0.15, 0.2) is 0 Å². The molecule has 7 nitrogen and oxygen atoms in total. The normalized spacial score (nSPS) is 19.3. The van der Waals surface area contributed by atoms with E-state index in [9.17, 15) is 15.2 Å². The molecule has 1 fully saturated rings. The highest BCUT2D eigenvalue weighted by Crippen LogP contribution is 2.35. The van der Waals surface area contributed by atoms with Crippen LogP contribution in [0.25, 0.3) is 0 Å². The number of benzene rings is 1. The lowest BCUT2D eigenvalue weighted by Gasteiger charge is -2.36. The van der Waals surface area contributed by atoms with Crippen molar-refractivity contribution in [1.29, 1.82) is 0 Å². The van der Waals surface area contributed by atoms with Gasteiger partial charge in [0.1, 0.15) is 11.9 Å². The largest absolute Gasteiger partial charge is 0.385 e. The van der Waals surface area contributed by atoms with E-state index in [0.717, 1.165) is 25.1 Å². The Balaban J connectivity index is 1.78. The molecule has 2 aromatic rings. The van der Waals surface area contributed by atoms with E-state index in [1.54, 1.807) is 12.3 Å². The molecule has 2 unspecified atom stereocenters. The van der Waals surface area contributed by atoms with Crippen molar-refractivity contribution in [3.05, 3.63) is 51.6 Å². The van der Waals surface area contributed by atoms with E-state index in [0.29, 0.717) is 17.4 Å². The number of nitro benzene ring substituents is 1. The second-order valence-corrected chi connectivity index (χ2v) is 6.49. The van der Waals surface area contributed by atoms with Crippen LogP contribution in [0.4, 0.5) is 11.4 Å². The Kier molecular flexibility index (Phi) is 4.73. The van der Waals surface area contributed by atoms with Crippen molar-refractivity contribution in [2.45, 2.75) is 18.9 Å². The molecule has 0 radical (unpaired) electrons. The molecule has 0 spiro atoms. The third-order valence-corrected chi connectivity index (χ3v) is 4.81. The molecule has 2 heterocycles. The standard InChI is InChI=1S/C16H19ClN4O3/c1-19-8-6-18-16(19)15(22)11-3-2-7-20(10-11)14-5-4-12(21(23)24)9-13(14)17/h4-6,8-9,11,15,22H,2-3,7,10H2,1H3. The molecule has 1 aromatic carbocycles. The van der Waals surface area contributed by atoms with Gasteiger partial charge in [0.05, 0.1) is 15.6 Å². The van der Waals surface area contributed by atoms with Gasteiger partial charge in [-0.2, -0.15) is 0 Å². The van der Waals surface area contributed by atoms with Gasteiger partial charge in [-0.05, 0) is 18.9 Å². The fraction of sp³-hybridized carbons (Fsp3) is 0.438. The van der Waals surface area contributed by atoms with Gasteiger partial charge < -0.3 is 14.6 Å². The number of halogens is 1. The number of anilines is 1. The minimum absolute atomic E-state index is 0.0228. The molecule has 1 aliphatic rings. The summed E-state index contributed by atoms with van der Waals surface area (Å²) in [4.78, 5) is 16.7. The van der Waals surface area contributed by atoms with Crippen LogP contribution in [0, 0.1) is 16.0 Å². The zero-order valence-corrected chi connectivity index (χ0v) is 14.1.